The van der Waals surface area contributed by atoms with Gasteiger partial charge in [0.05, 0.1) is 6.54 Å². The van der Waals surface area contributed by atoms with Gasteiger partial charge in [0, 0.05) is 17.4 Å². The molecule has 2 aromatic carbocycles. The highest BCUT2D eigenvalue weighted by molar-refractivity contribution is 6.16. The van der Waals surface area contributed by atoms with Crippen molar-refractivity contribution in [3.63, 3.8) is 0 Å². The molecule has 0 spiro atoms. The van der Waals surface area contributed by atoms with Crippen LogP contribution < -0.4 is 25.0 Å². The number of nitrogens with one attached hydrogen (secondary N) is 2. The van der Waals surface area contributed by atoms with Crippen LogP contribution in [0.4, 0.5) is 30.8 Å². The van der Waals surface area contributed by atoms with Crippen molar-refractivity contribution in [2.45, 2.75) is 39.2 Å². The van der Waals surface area contributed by atoms with Crippen LogP contribution in [0.5, 0.6) is 17.4 Å². The lowest BCUT2D eigenvalue weighted by Gasteiger charge is -2.30. The number of hydrogen-bond donors (Lipinski definition) is 2. The van der Waals surface area contributed by atoms with Crippen LogP contribution in [0.3, 0.4) is 0 Å². The van der Waals surface area contributed by atoms with Crippen LogP contribution in [-0.2, 0) is 14.3 Å². The second-order valence-electron chi connectivity index (χ2n) is 10.6. The van der Waals surface area contributed by atoms with E-state index in [4.69, 9.17) is 14.2 Å². The van der Waals surface area contributed by atoms with Crippen molar-refractivity contribution >= 4 is 35.1 Å². The van der Waals surface area contributed by atoms with Gasteiger partial charge in [-0.25, -0.2) is 18.6 Å². The number of hydrogen-bond acceptors (Lipinski definition) is 8. The summed E-state index contributed by atoms with van der Waals surface area (Å²) in [5.41, 5.74) is -1.57. The summed E-state index contributed by atoms with van der Waals surface area (Å²) < 4.78 is 44.9. The van der Waals surface area contributed by atoms with E-state index in [1.807, 2.05) is 0 Å². The molecule has 5 rings (SSSR count). The number of carbonyl (C=O) groups is 3. The van der Waals surface area contributed by atoms with E-state index in [0.717, 1.165) is 12.4 Å². The summed E-state index contributed by atoms with van der Waals surface area (Å²) in [5.74, 6) is -2.58. The maximum Gasteiger partial charge on any atom is 0.416 e. The summed E-state index contributed by atoms with van der Waals surface area (Å²) in [5, 5.41) is 5.19. The van der Waals surface area contributed by atoms with Crippen molar-refractivity contribution in [3.8, 4) is 17.4 Å². The van der Waals surface area contributed by atoms with Crippen LogP contribution in [-0.4, -0.2) is 46.6 Å². The Hall–Kier alpha value is -4.81. The number of benzene rings is 2. The minimum atomic E-state index is -1.31. The Labute approximate surface area is 233 Å². The summed E-state index contributed by atoms with van der Waals surface area (Å²) in [4.78, 5) is 47.8. The van der Waals surface area contributed by atoms with Crippen LogP contribution in [0.25, 0.3) is 0 Å². The Bertz CT molecular complexity index is 1500. The van der Waals surface area contributed by atoms with E-state index in [2.05, 4.69) is 20.6 Å². The molecule has 3 amide bonds. The topological polar surface area (TPSA) is 132 Å². The standard InChI is InChI=1S/C28H27F2N5O6/c1-27(2,3)41-26(38)35-12-13-39-21-22(35)31-15-32-23(21)40-20-9-8-18(14-19(20)30)34-25(37)28(10-11-28)24(36)33-17-6-4-16(29)5-7-17/h4-9,14-15H,10-13H2,1-3H3,(H,33,36)(H,34,37). The molecule has 41 heavy (non-hydrogen) atoms. The van der Waals surface area contributed by atoms with Gasteiger partial charge in [0.15, 0.2) is 17.4 Å². The monoisotopic (exact) mass is 567 g/mol. The molecule has 0 radical (unpaired) electrons. The summed E-state index contributed by atoms with van der Waals surface area (Å²) in [6.07, 6.45) is 1.15. The van der Waals surface area contributed by atoms with Crippen molar-refractivity contribution in [1.29, 1.82) is 0 Å². The second-order valence-corrected chi connectivity index (χ2v) is 10.6. The molecule has 214 valence electrons. The second kappa shape index (κ2) is 10.6. The van der Waals surface area contributed by atoms with E-state index in [-0.39, 0.29) is 42.0 Å². The predicted molar refractivity (Wildman–Crippen MR) is 143 cm³/mol. The first-order valence-electron chi connectivity index (χ1n) is 12.8. The highest BCUT2D eigenvalue weighted by Crippen LogP contribution is 2.48. The zero-order chi connectivity index (χ0) is 29.4. The quantitative estimate of drug-likeness (QED) is 0.396. The van der Waals surface area contributed by atoms with Gasteiger partial charge in [0.1, 0.15) is 29.8 Å². The van der Waals surface area contributed by atoms with E-state index in [0.29, 0.717) is 18.5 Å². The van der Waals surface area contributed by atoms with Gasteiger partial charge >= 0.3 is 6.09 Å². The van der Waals surface area contributed by atoms with Crippen LogP contribution in [0.2, 0.25) is 0 Å². The summed E-state index contributed by atoms with van der Waals surface area (Å²) in [6, 6.07) is 8.92. The summed E-state index contributed by atoms with van der Waals surface area (Å²) in [7, 11) is 0. The molecule has 3 aromatic rings. The molecule has 0 atom stereocenters. The molecule has 13 heteroatoms. The van der Waals surface area contributed by atoms with Gasteiger partial charge < -0.3 is 24.8 Å². The zero-order valence-corrected chi connectivity index (χ0v) is 22.5. The molecular weight excluding hydrogens is 540 g/mol. The fourth-order valence-electron chi connectivity index (χ4n) is 4.06. The van der Waals surface area contributed by atoms with E-state index in [1.165, 1.54) is 41.3 Å². The normalized spacial score (nSPS) is 15.2. The average molecular weight is 568 g/mol. The molecule has 1 saturated carbocycles. The Morgan fingerprint density at radius 1 is 0.976 bits per heavy atom. The Morgan fingerprint density at radius 3 is 2.27 bits per heavy atom. The van der Waals surface area contributed by atoms with E-state index < -0.39 is 40.6 Å². The van der Waals surface area contributed by atoms with Crippen molar-refractivity contribution in [2.75, 3.05) is 28.7 Å². The number of amides is 3. The first kappa shape index (κ1) is 27.7. The average Bonchev–Trinajstić information content (AvgIpc) is 3.73. The van der Waals surface area contributed by atoms with Crippen molar-refractivity contribution in [3.05, 3.63) is 60.4 Å². The molecule has 0 unspecified atom stereocenters. The number of ether oxygens (including phenoxy) is 3. The lowest BCUT2D eigenvalue weighted by molar-refractivity contribution is -0.131. The molecule has 1 aliphatic carbocycles. The third-order valence-electron chi connectivity index (χ3n) is 6.30. The Balaban J connectivity index is 1.27. The highest BCUT2D eigenvalue weighted by atomic mass is 19.1. The lowest BCUT2D eigenvalue weighted by Crippen LogP contribution is -2.42. The molecule has 1 fully saturated rings. The molecule has 2 N–H and O–H groups in total. The number of halogens is 2. The highest BCUT2D eigenvalue weighted by Gasteiger charge is 2.56. The number of rotatable bonds is 6. The number of anilines is 3. The first-order valence-corrected chi connectivity index (χ1v) is 12.8. The Kier molecular flexibility index (Phi) is 7.20. The number of fused-ring (bicyclic) bond motifs is 1. The number of aromatic nitrogens is 2. The molecule has 11 nitrogen and oxygen atoms in total. The third kappa shape index (κ3) is 6.03. The maximum absolute atomic E-state index is 15.0. The van der Waals surface area contributed by atoms with Crippen LogP contribution in [0.15, 0.2) is 48.8 Å². The van der Waals surface area contributed by atoms with Crippen molar-refractivity contribution in [1.82, 2.24) is 9.97 Å². The maximum atomic E-state index is 15.0. The van der Waals surface area contributed by atoms with Crippen molar-refractivity contribution < 1.29 is 37.4 Å². The smallest absolute Gasteiger partial charge is 0.416 e. The molecular formula is C28H27F2N5O6. The number of carbonyl (C=O) groups excluding carboxylic acids is 3. The van der Waals surface area contributed by atoms with Gasteiger partial charge in [0.25, 0.3) is 5.88 Å². The fourth-order valence-corrected chi connectivity index (χ4v) is 4.06. The summed E-state index contributed by atoms with van der Waals surface area (Å²) in [6.45, 7) is 5.51. The van der Waals surface area contributed by atoms with E-state index in [9.17, 15) is 18.8 Å². The molecule has 0 saturated heterocycles. The van der Waals surface area contributed by atoms with Gasteiger partial charge in [0.2, 0.25) is 17.6 Å². The van der Waals surface area contributed by atoms with Gasteiger partial charge in [-0.3, -0.25) is 14.5 Å². The van der Waals surface area contributed by atoms with Gasteiger partial charge in [-0.1, -0.05) is 0 Å². The molecule has 1 aliphatic heterocycles. The number of nitrogens with zero attached hydrogens (tertiary/aromatic N) is 3. The summed E-state index contributed by atoms with van der Waals surface area (Å²) >= 11 is 0. The SMILES string of the molecule is CC(C)(C)OC(=O)N1CCOc2c(Oc3ccc(NC(=O)C4(C(=O)Nc5ccc(F)cc5)CC4)cc3F)ncnc21. The molecule has 1 aromatic heterocycles. The van der Waals surface area contributed by atoms with Gasteiger partial charge in [-0.2, -0.15) is 4.98 Å². The van der Waals surface area contributed by atoms with Crippen molar-refractivity contribution in [2.24, 2.45) is 5.41 Å². The molecule has 2 aliphatic rings. The molecule has 0 bridgehead atoms. The van der Waals surface area contributed by atoms with Gasteiger partial charge in [-0.15, -0.1) is 0 Å². The predicted octanol–water partition coefficient (Wildman–Crippen LogP) is 5.04. The largest absolute Gasteiger partial charge is 0.483 e. The first-order chi connectivity index (χ1) is 19.4. The van der Waals surface area contributed by atoms with Gasteiger partial charge in [-0.05, 0) is 70.0 Å². The zero-order valence-electron chi connectivity index (χ0n) is 22.5. The van der Waals surface area contributed by atoms with E-state index in [1.54, 1.807) is 20.8 Å². The van der Waals surface area contributed by atoms with Crippen LogP contribution >= 0.6 is 0 Å². The lowest BCUT2D eigenvalue weighted by atomic mass is 10.0. The Morgan fingerprint density at radius 2 is 1.63 bits per heavy atom. The minimum Gasteiger partial charge on any atom is -0.483 e. The molecule has 2 heterocycles. The van der Waals surface area contributed by atoms with Crippen LogP contribution in [0, 0.1) is 17.0 Å². The third-order valence-corrected chi connectivity index (χ3v) is 6.30. The minimum absolute atomic E-state index is 0.0456. The van der Waals surface area contributed by atoms with E-state index >= 15 is 4.39 Å². The fraction of sp³-hybridized carbons (Fsp3) is 0.321. The van der Waals surface area contributed by atoms with Crippen LogP contribution in [0.1, 0.15) is 33.6 Å².